The van der Waals surface area contributed by atoms with Gasteiger partial charge in [0.25, 0.3) is 5.91 Å². The molecule has 0 aliphatic carbocycles. The third-order valence-corrected chi connectivity index (χ3v) is 5.12. The summed E-state index contributed by atoms with van der Waals surface area (Å²) in [7, 11) is 0. The summed E-state index contributed by atoms with van der Waals surface area (Å²) >= 11 is 36.0. The predicted octanol–water partition coefficient (Wildman–Crippen LogP) is 6.18. The summed E-state index contributed by atoms with van der Waals surface area (Å²) in [5, 5.41) is 16.3. The van der Waals surface area contributed by atoms with Crippen molar-refractivity contribution >= 4 is 81.2 Å². The number of nitrogens with one attached hydrogen (secondary N) is 1. The van der Waals surface area contributed by atoms with Crippen LogP contribution in [0.2, 0.25) is 15.1 Å². The monoisotopic (exact) mass is 507 g/mol. The first-order chi connectivity index (χ1) is 13.6. The summed E-state index contributed by atoms with van der Waals surface area (Å²) in [5.74, 6) is -1.11. The molecule has 3 rings (SSSR count). The summed E-state index contributed by atoms with van der Waals surface area (Å²) in [6, 6.07) is 10.9. The van der Waals surface area contributed by atoms with E-state index >= 15 is 0 Å². The van der Waals surface area contributed by atoms with Crippen molar-refractivity contribution in [2.75, 3.05) is 5.32 Å². The number of carbonyl (C=O) groups is 1. The Morgan fingerprint density at radius 3 is 2.34 bits per heavy atom. The molecule has 0 aliphatic heterocycles. The van der Waals surface area contributed by atoms with Gasteiger partial charge in [-0.25, -0.2) is 9.67 Å². The molecule has 3 aromatic rings. The van der Waals surface area contributed by atoms with E-state index in [-0.39, 0.29) is 27.4 Å². The highest BCUT2D eigenvalue weighted by molar-refractivity contribution is 6.66. The van der Waals surface area contributed by atoms with E-state index in [1.807, 2.05) is 6.07 Å². The third kappa shape index (κ3) is 4.89. The third-order valence-electron chi connectivity index (χ3n) is 3.56. The van der Waals surface area contributed by atoms with E-state index in [2.05, 4.69) is 15.4 Å². The maximum Gasteiger partial charge on any atom is 0.295 e. The molecule has 0 aliphatic rings. The average molecular weight is 510 g/mol. The zero-order valence-corrected chi connectivity index (χ0v) is 18.5. The van der Waals surface area contributed by atoms with Crippen LogP contribution in [0.15, 0.2) is 36.4 Å². The second kappa shape index (κ2) is 8.57. The minimum Gasteiger partial charge on any atom is -0.318 e. The fraction of sp³-hybridized carbons (Fsp3) is 0.0588. The van der Waals surface area contributed by atoms with Gasteiger partial charge in [-0.3, -0.25) is 4.79 Å². The molecule has 1 heterocycles. The van der Waals surface area contributed by atoms with Crippen molar-refractivity contribution in [2.24, 2.45) is 0 Å². The zero-order valence-electron chi connectivity index (χ0n) is 13.9. The van der Waals surface area contributed by atoms with Crippen LogP contribution < -0.4 is 5.32 Å². The molecule has 1 amide bonds. The van der Waals surface area contributed by atoms with Crippen LogP contribution in [0.25, 0.3) is 5.69 Å². The topological polar surface area (TPSA) is 83.6 Å². The van der Waals surface area contributed by atoms with Crippen LogP contribution in [0.1, 0.15) is 22.0 Å². The normalized spacial score (nSPS) is 11.2. The molecule has 6 nitrogen and oxygen atoms in total. The van der Waals surface area contributed by atoms with Crippen LogP contribution in [0.3, 0.4) is 0 Å². The van der Waals surface area contributed by atoms with E-state index in [0.717, 1.165) is 0 Å². The Morgan fingerprint density at radius 2 is 1.76 bits per heavy atom. The van der Waals surface area contributed by atoms with Crippen LogP contribution in [0.4, 0.5) is 5.69 Å². The Hall–Kier alpha value is -1.72. The molecule has 2 aromatic carbocycles. The number of anilines is 1. The molecule has 148 valence electrons. The number of carbonyl (C=O) groups excluding carboxylic acids is 1. The minimum atomic E-state index is -1.98. The highest BCUT2D eigenvalue weighted by Gasteiger charge is 2.33. The number of hydrogen-bond donors (Lipinski definition) is 1. The van der Waals surface area contributed by atoms with Gasteiger partial charge in [-0.2, -0.15) is 5.26 Å². The molecule has 0 saturated heterocycles. The lowest BCUT2D eigenvalue weighted by atomic mass is 10.2. The first-order valence-electron chi connectivity index (χ1n) is 7.61. The van der Waals surface area contributed by atoms with Crippen LogP contribution in [-0.2, 0) is 3.79 Å². The molecular formula is C17H7Cl6N5O. The lowest BCUT2D eigenvalue weighted by Crippen LogP contribution is -2.14. The van der Waals surface area contributed by atoms with E-state index in [1.165, 1.54) is 35.0 Å². The standard InChI is InChI=1S/C17H7Cl6N5O/c18-10-3-2-9(6-11(10)19)28-16(17(21,22)23)26-14(27-28)15(29)25-13-4-1-8(7-24)5-12(13)20/h1-6H,(H,25,29). The van der Waals surface area contributed by atoms with Crippen molar-refractivity contribution in [2.45, 2.75) is 3.79 Å². The number of hydrogen-bond acceptors (Lipinski definition) is 4. The molecule has 0 bridgehead atoms. The van der Waals surface area contributed by atoms with Gasteiger partial charge in [-0.15, -0.1) is 5.10 Å². The highest BCUT2D eigenvalue weighted by atomic mass is 35.6. The minimum absolute atomic E-state index is 0.128. The van der Waals surface area contributed by atoms with Crippen LogP contribution in [-0.4, -0.2) is 20.7 Å². The van der Waals surface area contributed by atoms with E-state index in [9.17, 15) is 4.79 Å². The van der Waals surface area contributed by atoms with E-state index < -0.39 is 9.70 Å². The average Bonchev–Trinajstić information content (AvgIpc) is 3.11. The predicted molar refractivity (Wildman–Crippen MR) is 115 cm³/mol. The molecule has 0 atom stereocenters. The lowest BCUT2D eigenvalue weighted by molar-refractivity contribution is 0.101. The van der Waals surface area contributed by atoms with Crippen molar-refractivity contribution in [3.8, 4) is 11.8 Å². The summed E-state index contributed by atoms with van der Waals surface area (Å²) in [4.78, 5) is 16.7. The summed E-state index contributed by atoms with van der Waals surface area (Å²) < 4.78 is -0.811. The van der Waals surface area contributed by atoms with Crippen LogP contribution in [0.5, 0.6) is 0 Å². The molecule has 1 N–H and O–H groups in total. The van der Waals surface area contributed by atoms with E-state index in [4.69, 9.17) is 74.9 Å². The quantitative estimate of drug-likeness (QED) is 0.427. The number of nitriles is 1. The molecule has 0 unspecified atom stereocenters. The molecular weight excluding hydrogens is 503 g/mol. The first-order valence-corrected chi connectivity index (χ1v) is 9.87. The summed E-state index contributed by atoms with van der Waals surface area (Å²) in [6.07, 6.45) is 0. The molecule has 0 radical (unpaired) electrons. The van der Waals surface area contributed by atoms with Crippen molar-refractivity contribution in [3.63, 3.8) is 0 Å². The number of nitrogens with zero attached hydrogens (tertiary/aromatic N) is 4. The Morgan fingerprint density at radius 1 is 1.03 bits per heavy atom. The van der Waals surface area contributed by atoms with Crippen LogP contribution >= 0.6 is 69.6 Å². The fourth-order valence-electron chi connectivity index (χ4n) is 2.25. The zero-order chi connectivity index (χ0) is 21.3. The van der Waals surface area contributed by atoms with Crippen molar-refractivity contribution in [1.82, 2.24) is 14.8 Å². The Balaban J connectivity index is 2.00. The van der Waals surface area contributed by atoms with Crippen molar-refractivity contribution in [1.29, 1.82) is 5.26 Å². The number of rotatable bonds is 3. The lowest BCUT2D eigenvalue weighted by Gasteiger charge is -2.12. The smallest absolute Gasteiger partial charge is 0.295 e. The maximum atomic E-state index is 12.6. The Labute approximate surface area is 194 Å². The fourth-order valence-corrected chi connectivity index (χ4v) is 3.14. The molecule has 0 saturated carbocycles. The van der Waals surface area contributed by atoms with E-state index in [1.54, 1.807) is 6.07 Å². The van der Waals surface area contributed by atoms with Gasteiger partial charge in [-0.1, -0.05) is 69.6 Å². The molecule has 0 fully saturated rings. The number of amides is 1. The van der Waals surface area contributed by atoms with Gasteiger partial charge in [0, 0.05) is 0 Å². The maximum absolute atomic E-state index is 12.6. The molecule has 1 aromatic heterocycles. The Kier molecular flexibility index (Phi) is 6.49. The molecule has 29 heavy (non-hydrogen) atoms. The van der Waals surface area contributed by atoms with Gasteiger partial charge in [-0.05, 0) is 36.4 Å². The van der Waals surface area contributed by atoms with Crippen LogP contribution in [0, 0.1) is 11.3 Å². The van der Waals surface area contributed by atoms with Crippen molar-refractivity contribution < 1.29 is 4.79 Å². The second-order valence-electron chi connectivity index (χ2n) is 5.53. The van der Waals surface area contributed by atoms with Gasteiger partial charge < -0.3 is 5.32 Å². The van der Waals surface area contributed by atoms with Gasteiger partial charge in [0.1, 0.15) is 0 Å². The summed E-state index contributed by atoms with van der Waals surface area (Å²) in [5.41, 5.74) is 0.981. The number of benzene rings is 2. The van der Waals surface area contributed by atoms with Crippen molar-refractivity contribution in [3.05, 3.63) is 68.7 Å². The van der Waals surface area contributed by atoms with Gasteiger partial charge in [0.15, 0.2) is 5.82 Å². The van der Waals surface area contributed by atoms with Gasteiger partial charge in [0.2, 0.25) is 9.62 Å². The van der Waals surface area contributed by atoms with Gasteiger partial charge >= 0.3 is 0 Å². The summed E-state index contributed by atoms with van der Waals surface area (Å²) in [6.45, 7) is 0. The SMILES string of the molecule is N#Cc1ccc(NC(=O)c2nc(C(Cl)(Cl)Cl)n(-c3ccc(Cl)c(Cl)c3)n2)c(Cl)c1. The second-order valence-corrected chi connectivity index (χ2v) is 9.03. The number of alkyl halides is 3. The molecule has 0 spiro atoms. The Bertz CT molecular complexity index is 1150. The van der Waals surface area contributed by atoms with Gasteiger partial charge in [0.05, 0.1) is 38.1 Å². The largest absolute Gasteiger partial charge is 0.318 e. The first kappa shape index (κ1) is 22.0. The highest BCUT2D eigenvalue weighted by Crippen LogP contribution is 2.38. The molecule has 12 heteroatoms. The number of aromatic nitrogens is 3. The van der Waals surface area contributed by atoms with E-state index in [0.29, 0.717) is 16.3 Å². The number of halogens is 6.